The third-order valence-corrected chi connectivity index (χ3v) is 4.30. The molecule has 4 nitrogen and oxygen atoms in total. The van der Waals surface area contributed by atoms with Crippen molar-refractivity contribution in [1.29, 1.82) is 0 Å². The Morgan fingerprint density at radius 1 is 1.39 bits per heavy atom. The summed E-state index contributed by atoms with van der Waals surface area (Å²) < 4.78 is 23.1. The van der Waals surface area contributed by atoms with Gasteiger partial charge in [-0.1, -0.05) is 0 Å². The number of likely N-dealkylation sites (N-methyl/N-ethyl adjacent to an activating group) is 1. The van der Waals surface area contributed by atoms with E-state index < -0.39 is 9.84 Å². The van der Waals surface area contributed by atoms with Crippen LogP contribution in [0.5, 0.6) is 0 Å². The first-order chi connectivity index (χ1) is 8.41. The normalized spacial score (nSPS) is 13.9. The van der Waals surface area contributed by atoms with Crippen LogP contribution in [0.1, 0.15) is 12.5 Å². The van der Waals surface area contributed by atoms with Crippen LogP contribution in [0.4, 0.5) is 0 Å². The van der Waals surface area contributed by atoms with Crippen molar-refractivity contribution in [3.63, 3.8) is 0 Å². The maximum atomic E-state index is 11.6. The maximum absolute atomic E-state index is 11.6. The second kappa shape index (κ2) is 4.74. The number of aromatic amines is 1. The summed E-state index contributed by atoms with van der Waals surface area (Å²) in [4.78, 5) is 3.54. The first-order valence-corrected chi connectivity index (χ1v) is 7.78. The van der Waals surface area contributed by atoms with Crippen molar-refractivity contribution in [2.24, 2.45) is 0 Å². The first-order valence-electron chi connectivity index (χ1n) is 5.89. The molecule has 0 spiro atoms. The number of benzene rings is 1. The molecule has 0 radical (unpaired) electrons. The number of H-pyrrole nitrogens is 1. The summed E-state index contributed by atoms with van der Waals surface area (Å²) in [6.45, 7) is 2.10. The molecule has 0 bridgehead atoms. The maximum Gasteiger partial charge on any atom is 0.175 e. The summed E-state index contributed by atoms with van der Waals surface area (Å²) >= 11 is 0. The zero-order valence-electron chi connectivity index (χ0n) is 10.8. The zero-order chi connectivity index (χ0) is 13.3. The van der Waals surface area contributed by atoms with Crippen LogP contribution in [-0.2, 0) is 16.3 Å². The molecule has 0 saturated heterocycles. The minimum atomic E-state index is -3.15. The Balaban J connectivity index is 2.50. The van der Waals surface area contributed by atoms with Gasteiger partial charge in [-0.25, -0.2) is 8.42 Å². The van der Waals surface area contributed by atoms with Gasteiger partial charge in [0.15, 0.2) is 9.84 Å². The van der Waals surface area contributed by atoms with Crippen LogP contribution < -0.4 is 5.32 Å². The van der Waals surface area contributed by atoms with Crippen molar-refractivity contribution in [1.82, 2.24) is 10.3 Å². The second-order valence-electron chi connectivity index (χ2n) is 4.69. The lowest BCUT2D eigenvalue weighted by Gasteiger charge is -2.08. The highest BCUT2D eigenvalue weighted by atomic mass is 32.2. The van der Waals surface area contributed by atoms with Crippen LogP contribution in [0.3, 0.4) is 0 Å². The Morgan fingerprint density at radius 3 is 2.72 bits per heavy atom. The molecule has 2 N–H and O–H groups in total. The standard InChI is InChI=1S/C13H18N2O2S/c1-9(14-2)6-10-8-15-13-5-4-11(7-12(10)13)18(3,16)17/h4-5,7-9,14-15H,6H2,1-3H3. The predicted octanol–water partition coefficient (Wildman–Crippen LogP) is 1.72. The highest BCUT2D eigenvalue weighted by Crippen LogP contribution is 2.23. The van der Waals surface area contributed by atoms with E-state index in [0.29, 0.717) is 10.9 Å². The van der Waals surface area contributed by atoms with E-state index in [-0.39, 0.29) is 0 Å². The molecule has 1 unspecified atom stereocenters. The minimum Gasteiger partial charge on any atom is -0.361 e. The number of fused-ring (bicyclic) bond motifs is 1. The molecule has 18 heavy (non-hydrogen) atoms. The summed E-state index contributed by atoms with van der Waals surface area (Å²) in [7, 11) is -1.23. The number of aromatic nitrogens is 1. The molecule has 0 fully saturated rings. The Labute approximate surface area is 107 Å². The fourth-order valence-corrected chi connectivity index (χ4v) is 2.64. The van der Waals surface area contributed by atoms with Gasteiger partial charge in [-0.15, -0.1) is 0 Å². The number of hydrogen-bond acceptors (Lipinski definition) is 3. The van der Waals surface area contributed by atoms with Crippen molar-refractivity contribution in [2.45, 2.75) is 24.3 Å². The SMILES string of the molecule is CNC(C)Cc1c[nH]c2ccc(S(C)(=O)=O)cc12. The molecule has 0 aliphatic carbocycles. The van der Waals surface area contributed by atoms with E-state index in [1.807, 2.05) is 19.3 Å². The summed E-state index contributed by atoms with van der Waals surface area (Å²) in [6.07, 6.45) is 4.05. The monoisotopic (exact) mass is 266 g/mol. The molecule has 1 atom stereocenters. The summed E-state index contributed by atoms with van der Waals surface area (Å²) in [5, 5.41) is 4.17. The molecule has 1 heterocycles. The van der Waals surface area contributed by atoms with Gasteiger partial charge in [0.05, 0.1) is 4.90 Å². The molecule has 5 heteroatoms. The molecule has 2 rings (SSSR count). The third kappa shape index (κ3) is 2.57. The van der Waals surface area contributed by atoms with Crippen LogP contribution in [-0.4, -0.2) is 32.7 Å². The number of sulfone groups is 1. The largest absolute Gasteiger partial charge is 0.361 e. The molecular formula is C13H18N2O2S. The number of rotatable bonds is 4. The van der Waals surface area contributed by atoms with Gasteiger partial charge in [-0.2, -0.15) is 0 Å². The lowest BCUT2D eigenvalue weighted by atomic mass is 10.1. The Bertz CT molecular complexity index is 659. The molecule has 98 valence electrons. The van der Waals surface area contributed by atoms with E-state index in [4.69, 9.17) is 0 Å². The summed E-state index contributed by atoms with van der Waals surface area (Å²) in [5.74, 6) is 0. The molecule has 0 amide bonds. The number of hydrogen-bond donors (Lipinski definition) is 2. The Kier molecular flexibility index (Phi) is 3.45. The van der Waals surface area contributed by atoms with Gasteiger partial charge < -0.3 is 10.3 Å². The van der Waals surface area contributed by atoms with Crippen molar-refractivity contribution in [2.75, 3.05) is 13.3 Å². The van der Waals surface area contributed by atoms with Gasteiger partial charge in [0.2, 0.25) is 0 Å². The van der Waals surface area contributed by atoms with Crippen LogP contribution in [0.15, 0.2) is 29.3 Å². The van der Waals surface area contributed by atoms with Crippen molar-refractivity contribution in [3.05, 3.63) is 30.0 Å². The quantitative estimate of drug-likeness (QED) is 0.886. The molecule has 1 aromatic heterocycles. The van der Waals surface area contributed by atoms with Crippen LogP contribution >= 0.6 is 0 Å². The van der Waals surface area contributed by atoms with Gasteiger partial charge in [0.25, 0.3) is 0 Å². The van der Waals surface area contributed by atoms with Gasteiger partial charge in [0, 0.05) is 29.4 Å². The molecule has 0 aliphatic rings. The highest BCUT2D eigenvalue weighted by Gasteiger charge is 2.12. The van der Waals surface area contributed by atoms with Crippen LogP contribution in [0.2, 0.25) is 0 Å². The van der Waals surface area contributed by atoms with Gasteiger partial charge in [-0.05, 0) is 44.2 Å². The van der Waals surface area contributed by atoms with Crippen LogP contribution in [0.25, 0.3) is 10.9 Å². The lowest BCUT2D eigenvalue weighted by Crippen LogP contribution is -2.23. The predicted molar refractivity (Wildman–Crippen MR) is 73.6 cm³/mol. The van der Waals surface area contributed by atoms with E-state index in [1.165, 1.54) is 6.26 Å². The smallest absolute Gasteiger partial charge is 0.175 e. The third-order valence-electron chi connectivity index (χ3n) is 3.19. The molecular weight excluding hydrogens is 248 g/mol. The van der Waals surface area contributed by atoms with E-state index in [1.54, 1.807) is 12.1 Å². The van der Waals surface area contributed by atoms with E-state index in [9.17, 15) is 8.42 Å². The van der Waals surface area contributed by atoms with E-state index in [0.717, 1.165) is 22.9 Å². The van der Waals surface area contributed by atoms with Crippen molar-refractivity contribution in [3.8, 4) is 0 Å². The van der Waals surface area contributed by atoms with E-state index >= 15 is 0 Å². The summed E-state index contributed by atoms with van der Waals surface area (Å²) in [6, 6.07) is 5.56. The number of nitrogens with one attached hydrogen (secondary N) is 2. The fraction of sp³-hybridized carbons (Fsp3) is 0.385. The second-order valence-corrected chi connectivity index (χ2v) is 6.70. The average Bonchev–Trinajstić information content (AvgIpc) is 2.70. The van der Waals surface area contributed by atoms with Gasteiger partial charge in [0.1, 0.15) is 0 Å². The van der Waals surface area contributed by atoms with Gasteiger partial charge >= 0.3 is 0 Å². The van der Waals surface area contributed by atoms with E-state index in [2.05, 4.69) is 17.2 Å². The summed E-state index contributed by atoms with van der Waals surface area (Å²) in [5.41, 5.74) is 2.11. The fourth-order valence-electron chi connectivity index (χ4n) is 1.99. The lowest BCUT2D eigenvalue weighted by molar-refractivity contribution is 0.602. The molecule has 0 saturated carbocycles. The van der Waals surface area contributed by atoms with Crippen molar-refractivity contribution < 1.29 is 8.42 Å². The topological polar surface area (TPSA) is 62.0 Å². The Morgan fingerprint density at radius 2 is 2.11 bits per heavy atom. The zero-order valence-corrected chi connectivity index (χ0v) is 11.6. The first kappa shape index (κ1) is 13.1. The Hall–Kier alpha value is -1.33. The van der Waals surface area contributed by atoms with Crippen LogP contribution in [0, 0.1) is 0 Å². The molecule has 1 aromatic carbocycles. The van der Waals surface area contributed by atoms with Crippen molar-refractivity contribution >= 4 is 20.7 Å². The van der Waals surface area contributed by atoms with Gasteiger partial charge in [-0.3, -0.25) is 0 Å². The molecule has 2 aromatic rings. The highest BCUT2D eigenvalue weighted by molar-refractivity contribution is 7.90. The minimum absolute atomic E-state index is 0.353. The average molecular weight is 266 g/mol. The molecule has 0 aliphatic heterocycles.